The number of hydrogen-bond donors (Lipinski definition) is 1. The fourth-order valence-corrected chi connectivity index (χ4v) is 3.65. The van der Waals surface area contributed by atoms with E-state index in [-0.39, 0.29) is 0 Å². The van der Waals surface area contributed by atoms with Gasteiger partial charge in [0.25, 0.3) is 0 Å². The van der Waals surface area contributed by atoms with Gasteiger partial charge in [-0.05, 0) is 31.0 Å². The van der Waals surface area contributed by atoms with Gasteiger partial charge in [-0.2, -0.15) is 0 Å². The molecule has 5 heteroatoms. The van der Waals surface area contributed by atoms with Gasteiger partial charge in [-0.1, -0.05) is 36.7 Å². The van der Waals surface area contributed by atoms with Crippen LogP contribution in [0.4, 0.5) is 5.82 Å². The highest BCUT2D eigenvalue weighted by Gasteiger charge is 2.14. The molecule has 2 aromatic heterocycles. The number of aryl methyl sites for hydroxylation is 3. The van der Waals surface area contributed by atoms with Crippen molar-refractivity contribution in [3.05, 3.63) is 51.1 Å². The Morgan fingerprint density at radius 2 is 1.95 bits per heavy atom. The summed E-state index contributed by atoms with van der Waals surface area (Å²) in [7, 11) is 0. The molecule has 3 nitrogen and oxygen atoms in total. The predicted molar refractivity (Wildman–Crippen MR) is 95.0 cm³/mol. The van der Waals surface area contributed by atoms with Crippen molar-refractivity contribution in [2.45, 2.75) is 33.7 Å². The van der Waals surface area contributed by atoms with Crippen LogP contribution in [0, 0.1) is 13.8 Å². The summed E-state index contributed by atoms with van der Waals surface area (Å²) in [5, 5.41) is 5.35. The third kappa shape index (κ3) is 2.81. The molecule has 0 aliphatic carbocycles. The lowest BCUT2D eigenvalue weighted by Gasteiger charge is -2.10. The van der Waals surface area contributed by atoms with Crippen molar-refractivity contribution >= 4 is 39.0 Å². The normalized spacial score (nSPS) is 11.1. The van der Waals surface area contributed by atoms with E-state index in [1.807, 2.05) is 24.3 Å². The molecule has 0 aliphatic rings. The van der Waals surface area contributed by atoms with Crippen LogP contribution in [0.3, 0.4) is 0 Å². The minimum Gasteiger partial charge on any atom is -0.365 e. The van der Waals surface area contributed by atoms with Crippen molar-refractivity contribution in [2.75, 3.05) is 5.32 Å². The first kappa shape index (κ1) is 15.3. The van der Waals surface area contributed by atoms with Crippen molar-refractivity contribution in [3.63, 3.8) is 0 Å². The fourth-order valence-electron chi connectivity index (χ4n) is 2.40. The Morgan fingerprint density at radius 1 is 1.18 bits per heavy atom. The summed E-state index contributed by atoms with van der Waals surface area (Å²) in [4.78, 5) is 11.7. The Kier molecular flexibility index (Phi) is 4.32. The molecule has 0 radical (unpaired) electrons. The lowest BCUT2D eigenvalue weighted by atomic mass is 10.2. The van der Waals surface area contributed by atoms with Gasteiger partial charge in [0, 0.05) is 22.9 Å². The molecule has 0 aliphatic heterocycles. The number of thiophene rings is 1. The summed E-state index contributed by atoms with van der Waals surface area (Å²) in [6, 6.07) is 7.87. The lowest BCUT2D eigenvalue weighted by molar-refractivity contribution is 0.956. The Bertz CT molecular complexity index is 826. The first-order valence-corrected chi connectivity index (χ1v) is 8.53. The van der Waals surface area contributed by atoms with E-state index < -0.39 is 0 Å². The summed E-state index contributed by atoms with van der Waals surface area (Å²) < 4.78 is 0. The zero-order valence-corrected chi connectivity index (χ0v) is 14.5. The molecule has 0 amide bonds. The maximum atomic E-state index is 6.23. The molecule has 0 saturated carbocycles. The van der Waals surface area contributed by atoms with Crippen LogP contribution in [0.25, 0.3) is 10.2 Å². The van der Waals surface area contributed by atoms with Gasteiger partial charge in [0.2, 0.25) is 0 Å². The van der Waals surface area contributed by atoms with E-state index in [0.717, 1.165) is 38.9 Å². The zero-order chi connectivity index (χ0) is 15.7. The number of fused-ring (bicyclic) bond motifs is 1. The second-order valence-electron chi connectivity index (χ2n) is 5.25. The van der Waals surface area contributed by atoms with Gasteiger partial charge in [-0.15, -0.1) is 11.3 Å². The van der Waals surface area contributed by atoms with E-state index in [2.05, 4.69) is 36.1 Å². The monoisotopic (exact) mass is 331 g/mol. The average Bonchev–Trinajstić information content (AvgIpc) is 2.81. The van der Waals surface area contributed by atoms with Crippen LogP contribution in [0.2, 0.25) is 5.02 Å². The largest absolute Gasteiger partial charge is 0.365 e. The Labute approximate surface area is 139 Å². The maximum Gasteiger partial charge on any atom is 0.139 e. The van der Waals surface area contributed by atoms with Crippen molar-refractivity contribution in [2.24, 2.45) is 0 Å². The van der Waals surface area contributed by atoms with Crippen LogP contribution >= 0.6 is 22.9 Å². The first-order valence-electron chi connectivity index (χ1n) is 7.34. The van der Waals surface area contributed by atoms with Gasteiger partial charge in [-0.3, -0.25) is 0 Å². The summed E-state index contributed by atoms with van der Waals surface area (Å²) in [5.74, 6) is 1.78. The van der Waals surface area contributed by atoms with Crippen LogP contribution < -0.4 is 5.32 Å². The van der Waals surface area contributed by atoms with Crippen LogP contribution in [0.15, 0.2) is 24.3 Å². The molecular formula is C17H18ClN3S. The average molecular weight is 332 g/mol. The number of hydrogen-bond acceptors (Lipinski definition) is 4. The minimum absolute atomic E-state index is 0.656. The second kappa shape index (κ2) is 6.23. The molecule has 3 aromatic rings. The molecule has 3 rings (SSSR count). The Hall–Kier alpha value is -1.65. The van der Waals surface area contributed by atoms with E-state index in [1.165, 1.54) is 10.4 Å². The number of aromatic nitrogens is 2. The van der Waals surface area contributed by atoms with Crippen LogP contribution in [0.1, 0.15) is 28.8 Å². The summed E-state index contributed by atoms with van der Waals surface area (Å²) in [6.45, 7) is 6.99. The van der Waals surface area contributed by atoms with E-state index in [1.54, 1.807) is 11.3 Å². The van der Waals surface area contributed by atoms with Gasteiger partial charge < -0.3 is 5.32 Å². The number of nitrogens with one attached hydrogen (secondary N) is 1. The molecule has 22 heavy (non-hydrogen) atoms. The maximum absolute atomic E-state index is 6.23. The van der Waals surface area contributed by atoms with Crippen molar-refractivity contribution < 1.29 is 0 Å². The van der Waals surface area contributed by atoms with Gasteiger partial charge in [0.15, 0.2) is 0 Å². The summed E-state index contributed by atoms with van der Waals surface area (Å²) in [5.41, 5.74) is 2.32. The van der Waals surface area contributed by atoms with Crippen molar-refractivity contribution in [1.29, 1.82) is 0 Å². The van der Waals surface area contributed by atoms with Gasteiger partial charge in [0.05, 0.1) is 5.39 Å². The first-order chi connectivity index (χ1) is 10.6. The van der Waals surface area contributed by atoms with Gasteiger partial charge in [0.1, 0.15) is 16.5 Å². The molecule has 0 unspecified atom stereocenters. The van der Waals surface area contributed by atoms with Crippen LogP contribution in [-0.2, 0) is 13.0 Å². The van der Waals surface area contributed by atoms with Gasteiger partial charge in [-0.25, -0.2) is 9.97 Å². The molecule has 0 spiro atoms. The Morgan fingerprint density at radius 3 is 2.68 bits per heavy atom. The fraction of sp³-hybridized carbons (Fsp3) is 0.294. The quantitative estimate of drug-likeness (QED) is 0.719. The molecular weight excluding hydrogens is 314 g/mol. The zero-order valence-electron chi connectivity index (χ0n) is 12.9. The molecule has 1 aromatic carbocycles. The number of nitrogens with zero attached hydrogens (tertiary/aromatic N) is 2. The molecule has 0 bridgehead atoms. The highest BCUT2D eigenvalue weighted by atomic mass is 35.5. The number of halogens is 1. The summed E-state index contributed by atoms with van der Waals surface area (Å²) >= 11 is 7.96. The molecule has 1 N–H and O–H groups in total. The minimum atomic E-state index is 0.656. The van der Waals surface area contributed by atoms with E-state index >= 15 is 0 Å². The standard InChI is InChI=1S/C17H18ClN3S/c1-4-14-20-16(15-10(2)11(3)22-17(15)21-14)19-9-12-7-5-6-8-13(12)18/h5-8H,4,9H2,1-3H3,(H,19,20,21). The highest BCUT2D eigenvalue weighted by molar-refractivity contribution is 7.18. The summed E-state index contributed by atoms with van der Waals surface area (Å²) in [6.07, 6.45) is 0.826. The van der Waals surface area contributed by atoms with E-state index in [9.17, 15) is 0 Å². The van der Waals surface area contributed by atoms with E-state index in [0.29, 0.717) is 6.54 Å². The third-order valence-electron chi connectivity index (χ3n) is 3.80. The molecule has 114 valence electrons. The number of anilines is 1. The van der Waals surface area contributed by atoms with E-state index in [4.69, 9.17) is 11.6 Å². The molecule has 0 fully saturated rings. The molecule has 0 saturated heterocycles. The Balaban J connectivity index is 2.00. The number of benzene rings is 1. The van der Waals surface area contributed by atoms with Crippen molar-refractivity contribution in [1.82, 2.24) is 9.97 Å². The lowest BCUT2D eigenvalue weighted by Crippen LogP contribution is -2.05. The van der Waals surface area contributed by atoms with Crippen LogP contribution in [-0.4, -0.2) is 9.97 Å². The van der Waals surface area contributed by atoms with Crippen molar-refractivity contribution in [3.8, 4) is 0 Å². The number of rotatable bonds is 4. The van der Waals surface area contributed by atoms with Gasteiger partial charge >= 0.3 is 0 Å². The smallest absolute Gasteiger partial charge is 0.139 e. The second-order valence-corrected chi connectivity index (χ2v) is 6.86. The third-order valence-corrected chi connectivity index (χ3v) is 5.27. The topological polar surface area (TPSA) is 37.8 Å². The molecule has 2 heterocycles. The predicted octanol–water partition coefficient (Wildman–Crippen LogP) is 5.14. The highest BCUT2D eigenvalue weighted by Crippen LogP contribution is 2.33. The molecule has 0 atom stereocenters. The van der Waals surface area contributed by atoms with Crippen LogP contribution in [0.5, 0.6) is 0 Å². The SMILES string of the molecule is CCc1nc(NCc2ccccc2Cl)c2c(C)c(C)sc2n1.